The molecule has 0 aliphatic heterocycles. The van der Waals surface area contributed by atoms with Crippen LogP contribution in [0.5, 0.6) is 5.75 Å². The lowest BCUT2D eigenvalue weighted by Crippen LogP contribution is -2.05. The first-order chi connectivity index (χ1) is 8.85. The highest BCUT2D eigenvalue weighted by Crippen LogP contribution is 2.25. The van der Waals surface area contributed by atoms with Crippen LogP contribution in [0, 0.1) is 0 Å². The molecule has 1 aromatic carbocycles. The summed E-state index contributed by atoms with van der Waals surface area (Å²) in [4.78, 5) is 8.75. The van der Waals surface area contributed by atoms with Crippen LogP contribution in [0.4, 0.5) is 5.95 Å². The van der Waals surface area contributed by atoms with E-state index in [0.717, 1.165) is 17.0 Å². The topological polar surface area (TPSA) is 47.0 Å². The predicted molar refractivity (Wildman–Crippen MR) is 70.7 cm³/mol. The molecule has 0 atom stereocenters. The van der Waals surface area contributed by atoms with Crippen LogP contribution in [-0.4, -0.2) is 23.1 Å². The average molecular weight is 241 g/mol. The third kappa shape index (κ3) is 2.42. The number of benzene rings is 1. The number of hydrogen-bond acceptors (Lipinski definition) is 4. The number of nitrogens with one attached hydrogen (secondary N) is 1. The zero-order valence-corrected chi connectivity index (χ0v) is 10.3. The highest BCUT2D eigenvalue weighted by Gasteiger charge is 2.21. The molecule has 0 saturated heterocycles. The fraction of sp³-hybridized carbons (Fsp3) is 0.286. The number of methoxy groups -OCH3 is 1. The number of nitrogens with zero attached hydrogens (tertiary/aromatic N) is 2. The van der Waals surface area contributed by atoms with Crippen molar-refractivity contribution in [2.24, 2.45) is 0 Å². The molecule has 0 bridgehead atoms. The van der Waals surface area contributed by atoms with Crippen LogP contribution in [0.1, 0.15) is 12.8 Å². The average Bonchev–Trinajstić information content (AvgIpc) is 3.23. The molecule has 1 saturated carbocycles. The summed E-state index contributed by atoms with van der Waals surface area (Å²) in [5, 5.41) is 3.30. The van der Waals surface area contributed by atoms with Crippen molar-refractivity contribution in [3.8, 4) is 17.0 Å². The van der Waals surface area contributed by atoms with Gasteiger partial charge in [-0.2, -0.15) is 0 Å². The maximum absolute atomic E-state index is 5.14. The second kappa shape index (κ2) is 4.64. The van der Waals surface area contributed by atoms with Crippen molar-refractivity contribution in [3.05, 3.63) is 36.5 Å². The van der Waals surface area contributed by atoms with Crippen molar-refractivity contribution in [2.75, 3.05) is 12.4 Å². The summed E-state index contributed by atoms with van der Waals surface area (Å²) >= 11 is 0. The van der Waals surface area contributed by atoms with Gasteiger partial charge in [0.25, 0.3) is 0 Å². The van der Waals surface area contributed by atoms with Crippen LogP contribution < -0.4 is 10.1 Å². The second-order valence-electron chi connectivity index (χ2n) is 4.41. The van der Waals surface area contributed by atoms with E-state index >= 15 is 0 Å². The van der Waals surface area contributed by atoms with Gasteiger partial charge in [0.2, 0.25) is 5.95 Å². The van der Waals surface area contributed by atoms with Crippen molar-refractivity contribution >= 4 is 5.95 Å². The molecule has 4 heteroatoms. The molecule has 1 N–H and O–H groups in total. The van der Waals surface area contributed by atoms with E-state index in [0.29, 0.717) is 12.0 Å². The number of ether oxygens (including phenoxy) is 1. The monoisotopic (exact) mass is 241 g/mol. The van der Waals surface area contributed by atoms with Crippen molar-refractivity contribution in [2.45, 2.75) is 18.9 Å². The minimum atomic E-state index is 0.566. The molecular weight excluding hydrogens is 226 g/mol. The molecule has 0 amide bonds. The van der Waals surface area contributed by atoms with E-state index in [1.807, 2.05) is 30.3 Å². The smallest absolute Gasteiger partial charge is 0.223 e. The molecule has 0 unspecified atom stereocenters. The molecule has 2 aromatic rings. The molecule has 18 heavy (non-hydrogen) atoms. The Kier molecular flexibility index (Phi) is 2.84. The van der Waals surface area contributed by atoms with Crippen LogP contribution >= 0.6 is 0 Å². The summed E-state index contributed by atoms with van der Waals surface area (Å²) in [5.74, 6) is 1.56. The molecular formula is C14H15N3O. The maximum Gasteiger partial charge on any atom is 0.223 e. The third-order valence-electron chi connectivity index (χ3n) is 2.95. The van der Waals surface area contributed by atoms with E-state index in [1.54, 1.807) is 13.3 Å². The first-order valence-electron chi connectivity index (χ1n) is 6.09. The molecule has 1 aliphatic rings. The van der Waals surface area contributed by atoms with Gasteiger partial charge in [0.05, 0.1) is 12.8 Å². The van der Waals surface area contributed by atoms with Crippen molar-refractivity contribution < 1.29 is 4.74 Å². The fourth-order valence-corrected chi connectivity index (χ4v) is 1.76. The van der Waals surface area contributed by atoms with Gasteiger partial charge in [-0.3, -0.25) is 0 Å². The SMILES string of the molecule is COc1ccc(-c2ccnc(NC3CC3)n2)cc1. The highest BCUT2D eigenvalue weighted by atomic mass is 16.5. The molecule has 0 spiro atoms. The lowest BCUT2D eigenvalue weighted by atomic mass is 10.1. The quantitative estimate of drug-likeness (QED) is 0.894. The molecule has 0 radical (unpaired) electrons. The van der Waals surface area contributed by atoms with E-state index < -0.39 is 0 Å². The van der Waals surface area contributed by atoms with Crippen LogP contribution in [0.3, 0.4) is 0 Å². The Morgan fingerprint density at radius 3 is 2.61 bits per heavy atom. The summed E-state index contributed by atoms with van der Waals surface area (Å²) in [6.07, 6.45) is 4.23. The standard InChI is InChI=1S/C14H15N3O/c1-18-12-6-2-10(3-7-12)13-8-9-15-14(17-13)16-11-4-5-11/h2-3,6-9,11H,4-5H2,1H3,(H,15,16,17). The predicted octanol–water partition coefficient (Wildman–Crippen LogP) is 2.73. The molecule has 92 valence electrons. The summed E-state index contributed by atoms with van der Waals surface area (Å²) in [6, 6.07) is 10.4. The Hall–Kier alpha value is -2.10. The van der Waals surface area contributed by atoms with Crippen molar-refractivity contribution in [1.29, 1.82) is 0 Å². The van der Waals surface area contributed by atoms with Gasteiger partial charge in [-0.05, 0) is 43.2 Å². The Balaban J connectivity index is 1.84. The summed E-state index contributed by atoms with van der Waals surface area (Å²) in [5.41, 5.74) is 1.99. The number of rotatable bonds is 4. The Labute approximate surface area is 106 Å². The maximum atomic E-state index is 5.14. The van der Waals surface area contributed by atoms with Gasteiger partial charge in [0.15, 0.2) is 0 Å². The van der Waals surface area contributed by atoms with Crippen LogP contribution in [0.25, 0.3) is 11.3 Å². The van der Waals surface area contributed by atoms with Crippen molar-refractivity contribution in [3.63, 3.8) is 0 Å². The van der Waals surface area contributed by atoms with E-state index in [-0.39, 0.29) is 0 Å². The van der Waals surface area contributed by atoms with Gasteiger partial charge >= 0.3 is 0 Å². The minimum Gasteiger partial charge on any atom is -0.497 e. The Bertz CT molecular complexity index is 535. The van der Waals surface area contributed by atoms with Crippen molar-refractivity contribution in [1.82, 2.24) is 9.97 Å². The van der Waals surface area contributed by atoms with Crippen LogP contribution in [0.15, 0.2) is 36.5 Å². The number of anilines is 1. The third-order valence-corrected chi connectivity index (χ3v) is 2.95. The van der Waals surface area contributed by atoms with Gasteiger partial charge in [-0.25, -0.2) is 9.97 Å². The second-order valence-corrected chi connectivity index (χ2v) is 4.41. The largest absolute Gasteiger partial charge is 0.497 e. The first kappa shape index (κ1) is 11.0. The van der Waals surface area contributed by atoms with E-state index in [4.69, 9.17) is 4.74 Å². The lowest BCUT2D eigenvalue weighted by Gasteiger charge is -2.06. The summed E-state index contributed by atoms with van der Waals surface area (Å²) in [7, 11) is 1.66. The van der Waals surface area contributed by atoms with Crippen LogP contribution in [0.2, 0.25) is 0 Å². The molecule has 1 fully saturated rings. The van der Waals surface area contributed by atoms with Crippen LogP contribution in [-0.2, 0) is 0 Å². The fourth-order valence-electron chi connectivity index (χ4n) is 1.76. The normalized spacial score (nSPS) is 14.3. The molecule has 3 rings (SSSR count). The van der Waals surface area contributed by atoms with E-state index in [1.165, 1.54) is 12.8 Å². The van der Waals surface area contributed by atoms with Gasteiger partial charge < -0.3 is 10.1 Å². The minimum absolute atomic E-state index is 0.566. The highest BCUT2D eigenvalue weighted by molar-refractivity contribution is 5.61. The summed E-state index contributed by atoms with van der Waals surface area (Å²) < 4.78 is 5.14. The number of hydrogen-bond donors (Lipinski definition) is 1. The van der Waals surface area contributed by atoms with Gasteiger partial charge in [-0.15, -0.1) is 0 Å². The zero-order valence-electron chi connectivity index (χ0n) is 10.3. The van der Waals surface area contributed by atoms with Gasteiger partial charge in [0, 0.05) is 17.8 Å². The number of aromatic nitrogens is 2. The molecule has 1 heterocycles. The van der Waals surface area contributed by atoms with E-state index in [9.17, 15) is 0 Å². The summed E-state index contributed by atoms with van der Waals surface area (Å²) in [6.45, 7) is 0. The zero-order chi connectivity index (χ0) is 12.4. The van der Waals surface area contributed by atoms with E-state index in [2.05, 4.69) is 15.3 Å². The lowest BCUT2D eigenvalue weighted by molar-refractivity contribution is 0.415. The molecule has 1 aromatic heterocycles. The molecule has 4 nitrogen and oxygen atoms in total. The van der Waals surface area contributed by atoms with Gasteiger partial charge in [-0.1, -0.05) is 0 Å². The van der Waals surface area contributed by atoms with Gasteiger partial charge in [0.1, 0.15) is 5.75 Å². The first-order valence-corrected chi connectivity index (χ1v) is 6.09. The molecule has 1 aliphatic carbocycles. The Morgan fingerprint density at radius 1 is 1.17 bits per heavy atom. The Morgan fingerprint density at radius 2 is 1.94 bits per heavy atom.